The van der Waals surface area contributed by atoms with Gasteiger partial charge in [-0.3, -0.25) is 9.80 Å². The Morgan fingerprint density at radius 3 is 1.29 bits per heavy atom. The number of hydrogen-bond acceptors (Lipinski definition) is 4. The van der Waals surface area contributed by atoms with E-state index in [4.69, 9.17) is 5.11 Å². The molecule has 2 fully saturated rings. The van der Waals surface area contributed by atoms with Crippen molar-refractivity contribution in [2.24, 2.45) is 0 Å². The van der Waals surface area contributed by atoms with Gasteiger partial charge in [-0.15, -0.1) is 0 Å². The summed E-state index contributed by atoms with van der Waals surface area (Å²) in [5.74, 6) is 0. The van der Waals surface area contributed by atoms with Crippen molar-refractivity contribution in [2.45, 2.75) is 86.1 Å². The average Bonchev–Trinajstić information content (AvgIpc) is 2.07. The van der Waals surface area contributed by atoms with Crippen LogP contribution in [0, 0.1) is 0 Å². The van der Waals surface area contributed by atoms with Gasteiger partial charge >= 0.3 is 0 Å². The Bertz CT molecular complexity index is 289. The van der Waals surface area contributed by atoms with Gasteiger partial charge in [0.05, 0.1) is 11.7 Å². The lowest BCUT2D eigenvalue weighted by Gasteiger charge is -2.51. The van der Waals surface area contributed by atoms with Gasteiger partial charge in [0.15, 0.2) is 0 Å². The molecule has 0 bridgehead atoms. The van der Waals surface area contributed by atoms with Crippen LogP contribution in [-0.2, 0) is 0 Å². The average molecular weight is 305 g/mol. The van der Waals surface area contributed by atoms with E-state index in [1.165, 1.54) is 0 Å². The highest BCUT2D eigenvalue weighted by atomic mass is 16.3. The molecule has 4 heteroatoms. The molecular formula is C17H40N2O2. The molecule has 2 rings (SSSR count). The van der Waals surface area contributed by atoms with Crippen molar-refractivity contribution in [3.8, 4) is 0 Å². The van der Waals surface area contributed by atoms with Crippen molar-refractivity contribution >= 4 is 0 Å². The molecule has 2 aliphatic rings. The zero-order valence-corrected chi connectivity index (χ0v) is 13.7. The summed E-state index contributed by atoms with van der Waals surface area (Å²) >= 11 is 0. The summed E-state index contributed by atoms with van der Waals surface area (Å²) < 4.78 is 0. The molecule has 0 aromatic heterocycles. The van der Waals surface area contributed by atoms with Gasteiger partial charge in [-0.05, 0) is 48.5 Å². The quantitative estimate of drug-likeness (QED) is 0.722. The maximum absolute atomic E-state index is 9.41. The first-order valence-electron chi connectivity index (χ1n) is 7.22. The van der Waals surface area contributed by atoms with Gasteiger partial charge in [0.2, 0.25) is 0 Å². The lowest BCUT2D eigenvalue weighted by Crippen LogP contribution is -2.65. The van der Waals surface area contributed by atoms with Crippen LogP contribution < -0.4 is 0 Å². The molecule has 2 saturated heterocycles. The first-order chi connectivity index (χ1) is 8.31. The van der Waals surface area contributed by atoms with Crippen molar-refractivity contribution in [3.05, 3.63) is 0 Å². The van der Waals surface area contributed by atoms with Gasteiger partial charge in [-0.25, -0.2) is 0 Å². The summed E-state index contributed by atoms with van der Waals surface area (Å²) in [6.07, 6.45) is -0.0655. The van der Waals surface area contributed by atoms with Crippen molar-refractivity contribution < 1.29 is 10.2 Å². The van der Waals surface area contributed by atoms with Crippen LogP contribution in [0.15, 0.2) is 0 Å². The minimum absolute atomic E-state index is 0. The Kier molecular flexibility index (Phi) is 8.15. The number of aliphatic hydroxyl groups excluding tert-OH is 1. The summed E-state index contributed by atoms with van der Waals surface area (Å²) in [5.41, 5.74) is 0.0503. The SMILES string of the molecule is C.C.CC(C)(C)N1CC(O)C1.CC1(O)CN(C(C)(C)C)C1. The predicted molar refractivity (Wildman–Crippen MR) is 92.7 cm³/mol. The molecule has 0 aromatic rings. The highest BCUT2D eigenvalue weighted by Crippen LogP contribution is 2.27. The summed E-state index contributed by atoms with van der Waals surface area (Å²) in [4.78, 5) is 4.53. The third-order valence-corrected chi connectivity index (χ3v) is 3.82. The standard InChI is InChI=1S/C8H17NO.C7H15NO.2CH4/c1-7(2,3)9-5-8(4,10)6-9;1-7(2,3)8-4-6(9)5-8;;/h10H,5-6H2,1-4H3;6,9H,4-5H2,1-3H3;2*1H4. The molecule has 0 spiro atoms. The second-order valence-electron chi connectivity index (χ2n) is 8.25. The fourth-order valence-corrected chi connectivity index (χ4v) is 2.25. The Morgan fingerprint density at radius 1 is 0.857 bits per heavy atom. The molecule has 2 aliphatic heterocycles. The van der Waals surface area contributed by atoms with Crippen molar-refractivity contribution in [3.63, 3.8) is 0 Å². The molecule has 0 aliphatic carbocycles. The number of aliphatic hydroxyl groups is 2. The topological polar surface area (TPSA) is 46.9 Å². The second-order valence-corrected chi connectivity index (χ2v) is 8.25. The lowest BCUT2D eigenvalue weighted by atomic mass is 9.90. The highest BCUT2D eigenvalue weighted by Gasteiger charge is 2.41. The van der Waals surface area contributed by atoms with Crippen LogP contribution >= 0.6 is 0 Å². The van der Waals surface area contributed by atoms with Gasteiger partial charge in [-0.1, -0.05) is 14.9 Å². The molecule has 0 atom stereocenters. The Labute approximate surface area is 133 Å². The summed E-state index contributed by atoms with van der Waals surface area (Å²) in [6.45, 7) is 18.2. The second kappa shape index (κ2) is 7.40. The third kappa shape index (κ3) is 7.09. The lowest BCUT2D eigenvalue weighted by molar-refractivity contribution is -0.119. The van der Waals surface area contributed by atoms with Gasteiger partial charge in [0, 0.05) is 37.3 Å². The van der Waals surface area contributed by atoms with Crippen LogP contribution in [-0.4, -0.2) is 69.0 Å². The Morgan fingerprint density at radius 2 is 1.19 bits per heavy atom. The zero-order chi connectivity index (χ0) is 15.1. The summed E-state index contributed by atoms with van der Waals surface area (Å²) in [5, 5.41) is 18.3. The summed E-state index contributed by atoms with van der Waals surface area (Å²) in [6, 6.07) is 0. The molecule has 2 N–H and O–H groups in total. The van der Waals surface area contributed by atoms with E-state index < -0.39 is 5.60 Å². The molecule has 0 unspecified atom stereocenters. The van der Waals surface area contributed by atoms with Crippen molar-refractivity contribution in [1.29, 1.82) is 0 Å². The first-order valence-corrected chi connectivity index (χ1v) is 7.22. The molecule has 0 aromatic carbocycles. The van der Waals surface area contributed by atoms with Crippen LogP contribution in [0.3, 0.4) is 0 Å². The van der Waals surface area contributed by atoms with E-state index in [0.29, 0.717) is 0 Å². The van der Waals surface area contributed by atoms with Crippen LogP contribution in [0.5, 0.6) is 0 Å². The van der Waals surface area contributed by atoms with E-state index in [-0.39, 0.29) is 32.0 Å². The molecule has 21 heavy (non-hydrogen) atoms. The number of hydrogen-bond donors (Lipinski definition) is 2. The molecule has 0 radical (unpaired) electrons. The minimum atomic E-state index is -0.423. The van der Waals surface area contributed by atoms with E-state index in [1.54, 1.807) is 0 Å². The van der Waals surface area contributed by atoms with Gasteiger partial charge < -0.3 is 10.2 Å². The van der Waals surface area contributed by atoms with Crippen LogP contribution in [0.1, 0.15) is 63.3 Å². The maximum Gasteiger partial charge on any atom is 0.0872 e. The smallest absolute Gasteiger partial charge is 0.0872 e. The fourth-order valence-electron chi connectivity index (χ4n) is 2.25. The molecular weight excluding hydrogens is 264 g/mol. The molecule has 4 nitrogen and oxygen atoms in total. The predicted octanol–water partition coefficient (Wildman–Crippen LogP) is 2.59. The van der Waals surface area contributed by atoms with Gasteiger partial charge in [-0.2, -0.15) is 0 Å². The number of nitrogens with zero attached hydrogens (tertiary/aromatic N) is 2. The van der Waals surface area contributed by atoms with E-state index in [1.807, 2.05) is 6.92 Å². The summed E-state index contributed by atoms with van der Waals surface area (Å²) in [7, 11) is 0. The largest absolute Gasteiger partial charge is 0.390 e. The molecule has 2 heterocycles. The zero-order valence-electron chi connectivity index (χ0n) is 13.7. The number of β-amino-alcohol motifs (C(OH)–C–C–N with tert-alkyl or cyclic N) is 2. The molecule has 0 saturated carbocycles. The van der Waals surface area contributed by atoms with Crippen molar-refractivity contribution in [1.82, 2.24) is 9.80 Å². The number of rotatable bonds is 0. The van der Waals surface area contributed by atoms with Gasteiger partial charge in [0.25, 0.3) is 0 Å². The van der Waals surface area contributed by atoms with E-state index >= 15 is 0 Å². The minimum Gasteiger partial charge on any atom is -0.390 e. The Hall–Kier alpha value is -0.160. The van der Waals surface area contributed by atoms with Crippen LogP contribution in [0.2, 0.25) is 0 Å². The highest BCUT2D eigenvalue weighted by molar-refractivity contribution is 4.96. The Balaban J connectivity index is 0. The van der Waals surface area contributed by atoms with E-state index in [2.05, 4.69) is 51.3 Å². The maximum atomic E-state index is 9.41. The van der Waals surface area contributed by atoms with Crippen LogP contribution in [0.25, 0.3) is 0 Å². The van der Waals surface area contributed by atoms with Crippen LogP contribution in [0.4, 0.5) is 0 Å². The van der Waals surface area contributed by atoms with E-state index in [0.717, 1.165) is 26.2 Å². The number of likely N-dealkylation sites (tertiary alicyclic amines) is 2. The fraction of sp³-hybridized carbons (Fsp3) is 1.00. The first kappa shape index (κ1) is 23.1. The van der Waals surface area contributed by atoms with Crippen molar-refractivity contribution in [2.75, 3.05) is 26.2 Å². The third-order valence-electron chi connectivity index (χ3n) is 3.82. The monoisotopic (exact) mass is 304 g/mol. The van der Waals surface area contributed by atoms with E-state index in [9.17, 15) is 5.11 Å². The molecule has 0 amide bonds. The normalized spacial score (nSPS) is 22.7. The molecule has 130 valence electrons. The van der Waals surface area contributed by atoms with Gasteiger partial charge in [0.1, 0.15) is 0 Å².